The molecule has 0 radical (unpaired) electrons. The SMILES string of the molecule is CC1(C)c2sc(=O)n(CC(=O)Nc3ccc(F)cc3)c2S[C@@H]2C(=O)N(c3ccc(F)cc3)C(=O)[C@@H]21. The van der Waals surface area contributed by atoms with Crippen LogP contribution in [0.1, 0.15) is 18.7 Å². The van der Waals surface area contributed by atoms with Gasteiger partial charge in [0, 0.05) is 16.0 Å². The van der Waals surface area contributed by atoms with Crippen LogP contribution in [0.3, 0.4) is 0 Å². The summed E-state index contributed by atoms with van der Waals surface area (Å²) in [6.45, 7) is 3.31. The van der Waals surface area contributed by atoms with Gasteiger partial charge in [-0.25, -0.2) is 13.7 Å². The summed E-state index contributed by atoms with van der Waals surface area (Å²) in [5, 5.41) is 2.31. The number of carbonyl (C=O) groups excluding carboxylic acids is 3. The zero-order valence-corrected chi connectivity index (χ0v) is 20.2. The number of halogens is 2. The van der Waals surface area contributed by atoms with Gasteiger partial charge in [-0.05, 0) is 48.5 Å². The van der Waals surface area contributed by atoms with E-state index in [1.54, 1.807) is 13.8 Å². The normalized spacial score (nSPS) is 20.5. The number of amides is 3. The Morgan fingerprint density at radius 3 is 2.20 bits per heavy atom. The summed E-state index contributed by atoms with van der Waals surface area (Å²) in [5.74, 6) is -2.99. The molecular weight excluding hydrogens is 496 g/mol. The maximum Gasteiger partial charge on any atom is 0.308 e. The Morgan fingerprint density at radius 2 is 1.57 bits per heavy atom. The van der Waals surface area contributed by atoms with E-state index < -0.39 is 45.9 Å². The number of nitrogens with one attached hydrogen (secondary N) is 1. The molecule has 1 aromatic heterocycles. The first-order chi connectivity index (χ1) is 16.6. The molecule has 11 heteroatoms. The molecule has 180 valence electrons. The minimum atomic E-state index is -0.852. The Labute approximate surface area is 206 Å². The second kappa shape index (κ2) is 8.42. The lowest BCUT2D eigenvalue weighted by Crippen LogP contribution is -2.41. The van der Waals surface area contributed by atoms with Crippen molar-refractivity contribution in [1.82, 2.24) is 4.57 Å². The Morgan fingerprint density at radius 1 is 0.971 bits per heavy atom. The van der Waals surface area contributed by atoms with E-state index in [1.807, 2.05) is 0 Å². The molecule has 2 atom stereocenters. The fraction of sp³-hybridized carbons (Fsp3) is 0.250. The first-order valence-electron chi connectivity index (χ1n) is 10.7. The molecule has 0 bridgehead atoms. The number of fused-ring (bicyclic) bond motifs is 2. The second-order valence-corrected chi connectivity index (χ2v) is 11.0. The number of thiazole rings is 1. The van der Waals surface area contributed by atoms with Crippen molar-refractivity contribution in [1.29, 1.82) is 0 Å². The third-order valence-corrected chi connectivity index (χ3v) is 9.04. The van der Waals surface area contributed by atoms with E-state index in [9.17, 15) is 28.0 Å². The fourth-order valence-electron chi connectivity index (χ4n) is 4.49. The highest BCUT2D eigenvalue weighted by Gasteiger charge is 2.59. The van der Waals surface area contributed by atoms with Crippen molar-refractivity contribution in [2.75, 3.05) is 10.2 Å². The summed E-state index contributed by atoms with van der Waals surface area (Å²) in [5.41, 5.74) is -0.185. The van der Waals surface area contributed by atoms with Crippen LogP contribution < -0.4 is 15.1 Å². The molecule has 3 amide bonds. The molecule has 35 heavy (non-hydrogen) atoms. The van der Waals surface area contributed by atoms with E-state index in [4.69, 9.17) is 0 Å². The Balaban J connectivity index is 1.46. The number of thioether (sulfide) groups is 1. The first-order valence-corrected chi connectivity index (χ1v) is 12.4. The molecule has 2 aliphatic heterocycles. The minimum Gasteiger partial charge on any atom is -0.325 e. The third-order valence-electron chi connectivity index (χ3n) is 6.22. The maximum atomic E-state index is 13.4. The zero-order valence-electron chi connectivity index (χ0n) is 18.6. The van der Waals surface area contributed by atoms with E-state index in [-0.39, 0.29) is 17.1 Å². The summed E-state index contributed by atoms with van der Waals surface area (Å²) < 4.78 is 27.8. The molecule has 7 nitrogen and oxygen atoms in total. The van der Waals surface area contributed by atoms with Gasteiger partial charge in [0.1, 0.15) is 23.4 Å². The number of imide groups is 1. The standard InChI is InChI=1S/C24H19F2N3O4S2/c1-24(2)17-18(21(32)29(20(17)31)15-9-5-13(26)6-10-15)34-22-19(24)35-23(33)28(22)11-16(30)27-14-7-3-12(25)4-8-14/h3-10,17-18H,11H2,1-2H3,(H,27,30)/t17-,18+/m1/s1. The van der Waals surface area contributed by atoms with Crippen LogP contribution >= 0.6 is 23.1 Å². The zero-order chi connectivity index (χ0) is 25.1. The van der Waals surface area contributed by atoms with E-state index >= 15 is 0 Å². The number of anilines is 2. The number of carbonyl (C=O) groups is 3. The van der Waals surface area contributed by atoms with Crippen LogP contribution in [0.25, 0.3) is 0 Å². The molecule has 2 aromatic carbocycles. The predicted octanol–water partition coefficient (Wildman–Crippen LogP) is 3.77. The van der Waals surface area contributed by atoms with Crippen LogP contribution in [-0.2, 0) is 26.3 Å². The average molecular weight is 516 g/mol. The van der Waals surface area contributed by atoms with Crippen molar-refractivity contribution < 1.29 is 23.2 Å². The number of hydrogen-bond donors (Lipinski definition) is 1. The molecule has 0 saturated carbocycles. The van der Waals surface area contributed by atoms with Gasteiger partial charge in [-0.3, -0.25) is 23.7 Å². The van der Waals surface area contributed by atoms with Crippen LogP contribution in [0, 0.1) is 17.6 Å². The van der Waals surface area contributed by atoms with Gasteiger partial charge in [0.05, 0.1) is 16.6 Å². The van der Waals surface area contributed by atoms with Gasteiger partial charge >= 0.3 is 4.87 Å². The van der Waals surface area contributed by atoms with Crippen LogP contribution in [0.15, 0.2) is 58.4 Å². The molecule has 0 aliphatic carbocycles. The van der Waals surface area contributed by atoms with Crippen LogP contribution in [0.5, 0.6) is 0 Å². The lowest BCUT2D eigenvalue weighted by atomic mass is 9.76. The molecule has 1 N–H and O–H groups in total. The highest BCUT2D eigenvalue weighted by Crippen LogP contribution is 2.54. The monoisotopic (exact) mass is 515 g/mol. The van der Waals surface area contributed by atoms with Crippen molar-refractivity contribution in [2.45, 2.75) is 36.1 Å². The van der Waals surface area contributed by atoms with Gasteiger partial charge in [0.25, 0.3) is 0 Å². The van der Waals surface area contributed by atoms with Gasteiger partial charge in [-0.15, -0.1) is 0 Å². The largest absolute Gasteiger partial charge is 0.325 e. The molecule has 0 unspecified atom stereocenters. The Hall–Kier alpha value is -3.31. The maximum absolute atomic E-state index is 13.4. The summed E-state index contributed by atoms with van der Waals surface area (Å²) >= 11 is 2.05. The second-order valence-electron chi connectivity index (χ2n) is 8.87. The summed E-state index contributed by atoms with van der Waals surface area (Å²) in [6, 6.07) is 10.4. The lowest BCUT2D eigenvalue weighted by Gasteiger charge is -2.36. The van der Waals surface area contributed by atoms with Crippen molar-refractivity contribution in [3.63, 3.8) is 0 Å². The number of benzene rings is 2. The average Bonchev–Trinajstić information content (AvgIpc) is 3.25. The van der Waals surface area contributed by atoms with Gasteiger partial charge in [0.15, 0.2) is 0 Å². The highest BCUT2D eigenvalue weighted by molar-refractivity contribution is 8.00. The fourth-order valence-corrected chi connectivity index (χ4v) is 7.53. The molecule has 3 aromatic rings. The Kier molecular flexibility index (Phi) is 5.64. The van der Waals surface area contributed by atoms with Crippen LogP contribution in [0.4, 0.5) is 20.2 Å². The van der Waals surface area contributed by atoms with Gasteiger partial charge in [-0.1, -0.05) is 36.9 Å². The summed E-state index contributed by atoms with van der Waals surface area (Å²) in [6.07, 6.45) is 0. The van der Waals surface area contributed by atoms with Crippen molar-refractivity contribution in [3.05, 3.63) is 74.7 Å². The van der Waals surface area contributed by atoms with Crippen LogP contribution in [0.2, 0.25) is 0 Å². The summed E-state index contributed by atoms with van der Waals surface area (Å²) in [4.78, 5) is 53.5. The van der Waals surface area contributed by atoms with Crippen molar-refractivity contribution >= 4 is 52.2 Å². The number of aromatic nitrogens is 1. The molecule has 1 saturated heterocycles. The quantitative estimate of drug-likeness (QED) is 0.535. The van der Waals surface area contributed by atoms with Crippen LogP contribution in [-0.4, -0.2) is 27.5 Å². The van der Waals surface area contributed by atoms with Gasteiger partial charge in [-0.2, -0.15) is 0 Å². The molecule has 2 aliphatic rings. The van der Waals surface area contributed by atoms with Crippen molar-refractivity contribution in [3.8, 4) is 0 Å². The Bertz CT molecular complexity index is 1410. The number of hydrogen-bond acceptors (Lipinski definition) is 6. The number of nitrogens with zero attached hydrogens (tertiary/aromatic N) is 2. The molecule has 0 spiro atoms. The lowest BCUT2D eigenvalue weighted by molar-refractivity contribution is -0.123. The minimum absolute atomic E-state index is 0.284. The topological polar surface area (TPSA) is 88.5 Å². The third kappa shape index (κ3) is 3.88. The number of rotatable bonds is 4. The highest BCUT2D eigenvalue weighted by atomic mass is 32.2. The van der Waals surface area contributed by atoms with Crippen molar-refractivity contribution in [2.24, 2.45) is 5.92 Å². The van der Waals surface area contributed by atoms with E-state index in [2.05, 4.69) is 5.32 Å². The van der Waals surface area contributed by atoms with Gasteiger partial charge in [0.2, 0.25) is 17.7 Å². The van der Waals surface area contributed by atoms with E-state index in [0.29, 0.717) is 15.6 Å². The predicted molar refractivity (Wildman–Crippen MR) is 129 cm³/mol. The smallest absolute Gasteiger partial charge is 0.308 e. The molecule has 5 rings (SSSR count). The molecule has 3 heterocycles. The molecule has 1 fully saturated rings. The first kappa shape index (κ1) is 23.4. The van der Waals surface area contributed by atoms with E-state index in [0.717, 1.165) is 28.0 Å². The van der Waals surface area contributed by atoms with E-state index in [1.165, 1.54) is 53.1 Å². The molecular formula is C24H19F2N3O4S2. The van der Waals surface area contributed by atoms with Gasteiger partial charge < -0.3 is 5.32 Å². The summed E-state index contributed by atoms with van der Waals surface area (Å²) in [7, 11) is 0.